The molecular formula is C19H18FN3O. The van der Waals surface area contributed by atoms with Crippen LogP contribution in [0.5, 0.6) is 0 Å². The van der Waals surface area contributed by atoms with Crippen molar-refractivity contribution in [1.29, 1.82) is 0 Å². The summed E-state index contributed by atoms with van der Waals surface area (Å²) in [7, 11) is 1.82. The molecule has 3 heterocycles. The number of carbonyl (C=O) groups is 1. The molecule has 1 aromatic carbocycles. The molecule has 122 valence electrons. The van der Waals surface area contributed by atoms with Gasteiger partial charge in [0.1, 0.15) is 11.4 Å². The number of amides is 1. The van der Waals surface area contributed by atoms with Crippen LogP contribution in [0.15, 0.2) is 47.6 Å². The topological polar surface area (TPSA) is 45.6 Å². The largest absolute Gasteiger partial charge is 0.344 e. The summed E-state index contributed by atoms with van der Waals surface area (Å²) in [6, 6.07) is 10.3. The molecule has 0 saturated carbocycles. The number of likely N-dealkylation sites (N-methyl/N-ethyl adjacent to an activating group) is 1. The maximum atomic E-state index is 14.0. The van der Waals surface area contributed by atoms with Crippen molar-refractivity contribution in [3.63, 3.8) is 0 Å². The van der Waals surface area contributed by atoms with E-state index in [0.717, 1.165) is 42.8 Å². The van der Waals surface area contributed by atoms with Crippen molar-refractivity contribution in [2.24, 2.45) is 4.99 Å². The van der Waals surface area contributed by atoms with E-state index in [9.17, 15) is 9.18 Å². The summed E-state index contributed by atoms with van der Waals surface area (Å²) in [5.74, 6) is -0.158. The normalized spacial score (nSPS) is 23.2. The molecule has 2 aliphatic rings. The second-order valence-corrected chi connectivity index (χ2v) is 6.48. The van der Waals surface area contributed by atoms with Gasteiger partial charge in [-0.25, -0.2) is 4.39 Å². The van der Waals surface area contributed by atoms with Crippen LogP contribution in [0.2, 0.25) is 0 Å². The van der Waals surface area contributed by atoms with E-state index in [1.165, 1.54) is 6.07 Å². The molecule has 0 N–H and O–H groups in total. The summed E-state index contributed by atoms with van der Waals surface area (Å²) < 4.78 is 14.0. The van der Waals surface area contributed by atoms with Crippen molar-refractivity contribution in [2.45, 2.75) is 24.8 Å². The molecule has 1 aromatic heterocycles. The minimum Gasteiger partial charge on any atom is -0.344 e. The molecule has 1 saturated heterocycles. The summed E-state index contributed by atoms with van der Waals surface area (Å²) in [5, 5.41) is 0. The Balaban J connectivity index is 1.70. The smallest absolute Gasteiger partial charge is 0.250 e. The molecule has 5 heteroatoms. The summed E-state index contributed by atoms with van der Waals surface area (Å²) in [6.07, 6.45) is 3.90. The predicted molar refractivity (Wildman–Crippen MR) is 90.4 cm³/mol. The Morgan fingerprint density at radius 2 is 2.04 bits per heavy atom. The molecule has 24 heavy (non-hydrogen) atoms. The van der Waals surface area contributed by atoms with Gasteiger partial charge in [-0.3, -0.25) is 14.8 Å². The Bertz CT molecular complexity index is 848. The average molecular weight is 323 g/mol. The minimum atomic E-state index is -0.597. The number of pyridine rings is 1. The molecule has 4 rings (SSSR count). The van der Waals surface area contributed by atoms with Gasteiger partial charge in [0, 0.05) is 25.4 Å². The molecule has 0 aliphatic carbocycles. The highest BCUT2D eigenvalue weighted by Crippen LogP contribution is 2.37. The van der Waals surface area contributed by atoms with E-state index in [0.29, 0.717) is 5.56 Å². The zero-order valence-corrected chi connectivity index (χ0v) is 13.5. The van der Waals surface area contributed by atoms with Gasteiger partial charge in [-0.15, -0.1) is 0 Å². The molecule has 0 unspecified atom stereocenters. The lowest BCUT2D eigenvalue weighted by Crippen LogP contribution is -2.35. The van der Waals surface area contributed by atoms with Crippen molar-refractivity contribution in [2.75, 3.05) is 13.6 Å². The molecule has 0 bridgehead atoms. The number of hydrogen-bond acceptors (Lipinski definition) is 3. The van der Waals surface area contributed by atoms with Crippen LogP contribution >= 0.6 is 0 Å². The summed E-state index contributed by atoms with van der Waals surface area (Å²) in [6.45, 7) is 0.748. The summed E-state index contributed by atoms with van der Waals surface area (Å²) in [4.78, 5) is 23.3. The average Bonchev–Trinajstić information content (AvgIpc) is 3.16. The zero-order chi connectivity index (χ0) is 16.7. The van der Waals surface area contributed by atoms with Crippen LogP contribution in [0, 0.1) is 5.82 Å². The van der Waals surface area contributed by atoms with Crippen LogP contribution in [0.4, 0.5) is 4.39 Å². The third-order valence-electron chi connectivity index (χ3n) is 4.97. The van der Waals surface area contributed by atoms with Gasteiger partial charge in [0.15, 0.2) is 0 Å². The second-order valence-electron chi connectivity index (χ2n) is 6.48. The van der Waals surface area contributed by atoms with Crippen molar-refractivity contribution in [3.8, 4) is 11.1 Å². The van der Waals surface area contributed by atoms with Gasteiger partial charge >= 0.3 is 0 Å². The molecule has 1 amide bonds. The molecule has 1 fully saturated rings. The van der Waals surface area contributed by atoms with Crippen molar-refractivity contribution >= 4 is 11.6 Å². The standard InChI is InChI=1S/C19H18FN3O/c1-23-11-9-19(18(23)24)8-6-16(22-19)17-12-13(7-10-21-17)14-4-2-3-5-15(14)20/h2-5,7,10,12H,6,8-9,11H2,1H3/t19-/m0/s1. The molecular weight excluding hydrogens is 305 g/mol. The fourth-order valence-corrected chi connectivity index (χ4v) is 3.58. The number of hydrogen-bond donors (Lipinski definition) is 0. The van der Waals surface area contributed by atoms with Crippen LogP contribution in [-0.2, 0) is 4.79 Å². The molecule has 2 aromatic rings. The molecule has 1 atom stereocenters. The number of aliphatic imine (C=N–C) groups is 1. The van der Waals surface area contributed by atoms with E-state index in [-0.39, 0.29) is 11.7 Å². The summed E-state index contributed by atoms with van der Waals surface area (Å²) in [5.41, 5.74) is 2.30. The van der Waals surface area contributed by atoms with Gasteiger partial charge in [-0.1, -0.05) is 18.2 Å². The predicted octanol–water partition coefficient (Wildman–Crippen LogP) is 3.07. The Hall–Kier alpha value is -2.56. The molecule has 1 spiro atoms. The Morgan fingerprint density at radius 1 is 1.21 bits per heavy atom. The third kappa shape index (κ3) is 2.31. The van der Waals surface area contributed by atoms with Gasteiger partial charge in [0.05, 0.1) is 11.4 Å². The number of benzene rings is 1. The number of aromatic nitrogens is 1. The quantitative estimate of drug-likeness (QED) is 0.852. The SMILES string of the molecule is CN1CC[C@@]2(CCC(c3cc(-c4ccccc4F)ccn3)=N2)C1=O. The lowest BCUT2D eigenvalue weighted by atomic mass is 9.95. The van der Waals surface area contributed by atoms with Gasteiger partial charge in [-0.05, 0) is 43.0 Å². The molecule has 0 radical (unpaired) electrons. The number of halogens is 1. The highest BCUT2D eigenvalue weighted by molar-refractivity contribution is 6.05. The van der Waals surface area contributed by atoms with E-state index in [4.69, 9.17) is 4.99 Å². The van der Waals surface area contributed by atoms with Gasteiger partial charge in [0.2, 0.25) is 5.91 Å². The van der Waals surface area contributed by atoms with E-state index in [1.54, 1.807) is 29.3 Å². The van der Waals surface area contributed by atoms with E-state index in [2.05, 4.69) is 4.98 Å². The van der Waals surface area contributed by atoms with Gasteiger partial charge in [0.25, 0.3) is 0 Å². The second kappa shape index (κ2) is 5.51. The van der Waals surface area contributed by atoms with Crippen LogP contribution < -0.4 is 0 Å². The van der Waals surface area contributed by atoms with Gasteiger partial charge < -0.3 is 4.90 Å². The molecule has 4 nitrogen and oxygen atoms in total. The Kier molecular flexibility index (Phi) is 3.44. The van der Waals surface area contributed by atoms with Crippen LogP contribution in [-0.4, -0.2) is 40.6 Å². The highest BCUT2D eigenvalue weighted by atomic mass is 19.1. The lowest BCUT2D eigenvalue weighted by molar-refractivity contribution is -0.130. The van der Waals surface area contributed by atoms with Crippen molar-refractivity contribution < 1.29 is 9.18 Å². The number of likely N-dealkylation sites (tertiary alicyclic amines) is 1. The Labute approximate surface area is 140 Å². The maximum Gasteiger partial charge on any atom is 0.250 e. The maximum absolute atomic E-state index is 14.0. The number of nitrogens with zero attached hydrogens (tertiary/aromatic N) is 3. The first-order chi connectivity index (χ1) is 11.6. The monoisotopic (exact) mass is 323 g/mol. The van der Waals surface area contributed by atoms with Crippen LogP contribution in [0.1, 0.15) is 25.0 Å². The lowest BCUT2D eigenvalue weighted by Gasteiger charge is -2.16. The first-order valence-corrected chi connectivity index (χ1v) is 8.15. The van der Waals surface area contributed by atoms with Crippen LogP contribution in [0.25, 0.3) is 11.1 Å². The molecule has 2 aliphatic heterocycles. The first kappa shape index (κ1) is 15.0. The fraction of sp³-hybridized carbons (Fsp3) is 0.316. The summed E-state index contributed by atoms with van der Waals surface area (Å²) >= 11 is 0. The number of carbonyl (C=O) groups excluding carboxylic acids is 1. The van der Waals surface area contributed by atoms with Crippen molar-refractivity contribution in [3.05, 3.63) is 54.1 Å². The minimum absolute atomic E-state index is 0.0998. The Morgan fingerprint density at radius 3 is 2.79 bits per heavy atom. The van der Waals surface area contributed by atoms with Gasteiger partial charge in [-0.2, -0.15) is 0 Å². The highest BCUT2D eigenvalue weighted by Gasteiger charge is 2.48. The zero-order valence-electron chi connectivity index (χ0n) is 13.5. The van der Waals surface area contributed by atoms with E-state index in [1.807, 2.05) is 19.2 Å². The van der Waals surface area contributed by atoms with Crippen molar-refractivity contribution in [1.82, 2.24) is 9.88 Å². The fourth-order valence-electron chi connectivity index (χ4n) is 3.58. The first-order valence-electron chi connectivity index (χ1n) is 8.15. The van der Waals surface area contributed by atoms with Crippen LogP contribution in [0.3, 0.4) is 0 Å². The third-order valence-corrected chi connectivity index (χ3v) is 4.97. The number of rotatable bonds is 2. The van der Waals surface area contributed by atoms with E-state index >= 15 is 0 Å². The van der Waals surface area contributed by atoms with E-state index < -0.39 is 5.54 Å².